The van der Waals surface area contributed by atoms with E-state index in [-0.39, 0.29) is 72.1 Å². The molecule has 1 heterocycles. The molecule has 428 valence electrons. The fourth-order valence-electron chi connectivity index (χ4n) is 10.9. The maximum atomic E-state index is 13.1. The monoisotopic (exact) mass is 1080 g/mol. The van der Waals surface area contributed by atoms with Crippen molar-refractivity contribution in [3.8, 4) is 5.75 Å². The number of ether oxygens (including phenoxy) is 4. The van der Waals surface area contributed by atoms with E-state index in [1.807, 2.05) is 86.0 Å². The highest BCUT2D eigenvalue weighted by Gasteiger charge is 2.35. The van der Waals surface area contributed by atoms with Gasteiger partial charge in [0.05, 0.1) is 24.5 Å². The molecule has 3 saturated carbocycles. The van der Waals surface area contributed by atoms with Gasteiger partial charge in [0.25, 0.3) is 0 Å². The third-order valence-corrected chi connectivity index (χ3v) is 17.0. The van der Waals surface area contributed by atoms with Gasteiger partial charge in [0, 0.05) is 91.8 Å². The molecule has 4 aliphatic rings. The van der Waals surface area contributed by atoms with Gasteiger partial charge in [-0.2, -0.15) is 4.31 Å². The number of likely N-dealkylation sites (N-methyl/N-ethyl adjacent to an activating group) is 3. The molecule has 1 aliphatic heterocycles. The minimum Gasteiger partial charge on any atom is -0.497 e. The molecule has 0 bridgehead atoms. The molecule has 76 heavy (non-hydrogen) atoms. The molecular weight excluding hydrogens is 991 g/mol. The summed E-state index contributed by atoms with van der Waals surface area (Å²) in [5.41, 5.74) is 1.51. The van der Waals surface area contributed by atoms with E-state index in [1.165, 1.54) is 17.8 Å². The molecule has 3 aliphatic carbocycles. The molecule has 6 atom stereocenters. The first-order valence-corrected chi connectivity index (χ1v) is 28.8. The summed E-state index contributed by atoms with van der Waals surface area (Å²) in [6.07, 6.45) is 8.97. The molecule has 2 amide bonds. The number of carbonyl (C=O) groups excluding carboxylic acids is 4. The van der Waals surface area contributed by atoms with E-state index in [2.05, 4.69) is 16.8 Å². The lowest BCUT2D eigenvalue weighted by atomic mass is 10.0. The van der Waals surface area contributed by atoms with Crippen LogP contribution >= 0.6 is 0 Å². The van der Waals surface area contributed by atoms with Gasteiger partial charge < -0.3 is 38.8 Å². The number of benzene rings is 2. The van der Waals surface area contributed by atoms with Crippen LogP contribution in [0.4, 0.5) is 0 Å². The Kier molecular flexibility index (Phi) is 24.7. The highest BCUT2D eigenvalue weighted by Crippen LogP contribution is 2.36. The summed E-state index contributed by atoms with van der Waals surface area (Å²) < 4.78 is 48.9. The van der Waals surface area contributed by atoms with Crippen molar-refractivity contribution in [1.29, 1.82) is 0 Å². The van der Waals surface area contributed by atoms with E-state index >= 15 is 0 Å². The fourth-order valence-corrected chi connectivity index (χ4v) is 12.4. The van der Waals surface area contributed by atoms with Crippen LogP contribution in [-0.4, -0.2) is 172 Å². The number of aryl methyl sites for hydroxylation is 2. The molecule has 4 fully saturated rings. The maximum absolute atomic E-state index is 13.1. The number of carbonyl (C=O) groups is 5. The normalized spacial score (nSPS) is 22.2. The quantitative estimate of drug-likeness (QED) is 0.106. The highest BCUT2D eigenvalue weighted by molar-refractivity contribution is 7.89. The molecule has 2 aromatic rings. The van der Waals surface area contributed by atoms with Crippen molar-refractivity contribution in [2.45, 2.75) is 155 Å². The topological polar surface area (TPSA) is 193 Å². The molecule has 2 aromatic carbocycles. The minimum absolute atomic E-state index is 0.0335. The predicted molar refractivity (Wildman–Crippen MR) is 294 cm³/mol. The second kappa shape index (κ2) is 29.4. The van der Waals surface area contributed by atoms with Crippen LogP contribution < -0.4 is 4.74 Å². The van der Waals surface area contributed by atoms with Crippen LogP contribution in [0.25, 0.3) is 0 Å². The summed E-state index contributed by atoms with van der Waals surface area (Å²) in [5.74, 6) is 0.360. The molecule has 0 spiro atoms. The number of nitrogens with zero attached hydrogens (tertiary/aromatic N) is 5. The lowest BCUT2D eigenvalue weighted by Gasteiger charge is -2.36. The Balaban J connectivity index is 0.000000268. The first kappa shape index (κ1) is 63.9. The summed E-state index contributed by atoms with van der Waals surface area (Å²) >= 11 is 0. The van der Waals surface area contributed by atoms with Gasteiger partial charge in [-0.1, -0.05) is 30.3 Å². The predicted octanol–water partition coefficient (Wildman–Crippen LogP) is 7.84. The first-order valence-electron chi connectivity index (χ1n) is 27.4. The number of carboxylic acids is 1. The average Bonchev–Trinajstić information content (AvgIpc) is 4.12. The number of rotatable bonds is 19. The smallest absolute Gasteiger partial charge is 0.306 e. The van der Waals surface area contributed by atoms with Crippen LogP contribution in [0.3, 0.4) is 0 Å². The average molecular weight is 1080 g/mol. The standard InChI is InChI=1S/C26H44N4O5S.C20H29NO3.C12H20O4/c1-20-15-24(34-6)16-21(2)26(20)36(32,33)29(5)13-14-35-19-25(31)28(4)18-22-7-8-23(17-22)30-11-9-27(3)10-12-30;1-20(2,3)24-18(22)13-16-10-11-17(12-16)19(23)21(4)14-15-8-6-5-7-9-15;1-12(2,3)16-10(13)7-8-4-5-9(6-8)11(14)15/h15-16,22-23H,7-14,17-19H2,1-6H3;5-9,16-17H,10-14H2,1-4H3;8-9H,4-7H2,1-3H3,(H,14,15). The Bertz CT molecular complexity index is 2290. The Hall–Kier alpha value is -4.62. The van der Waals surface area contributed by atoms with Crippen molar-refractivity contribution in [2.24, 2.45) is 29.6 Å². The van der Waals surface area contributed by atoms with Crippen molar-refractivity contribution in [3.05, 3.63) is 59.2 Å². The third kappa shape index (κ3) is 21.3. The summed E-state index contributed by atoms with van der Waals surface area (Å²) in [5, 5.41) is 8.84. The molecule has 18 heteroatoms. The number of amides is 2. The lowest BCUT2D eigenvalue weighted by molar-refractivity contribution is -0.157. The van der Waals surface area contributed by atoms with Crippen molar-refractivity contribution >= 4 is 39.7 Å². The van der Waals surface area contributed by atoms with E-state index in [4.69, 9.17) is 24.1 Å². The molecule has 6 unspecified atom stereocenters. The molecule has 1 N–H and O–H groups in total. The number of hydrogen-bond acceptors (Lipinski definition) is 13. The zero-order chi connectivity index (χ0) is 56.5. The van der Waals surface area contributed by atoms with Crippen LogP contribution in [0.5, 0.6) is 5.75 Å². The van der Waals surface area contributed by atoms with Gasteiger partial charge in [-0.3, -0.25) is 28.9 Å². The van der Waals surface area contributed by atoms with E-state index in [9.17, 15) is 32.4 Å². The Morgan fingerprint density at radius 3 is 1.75 bits per heavy atom. The van der Waals surface area contributed by atoms with Gasteiger partial charge >= 0.3 is 17.9 Å². The number of esters is 2. The molecule has 1 saturated heterocycles. The molecule has 17 nitrogen and oxygen atoms in total. The fraction of sp³-hybridized carbons (Fsp3) is 0.707. The summed E-state index contributed by atoms with van der Waals surface area (Å²) in [7, 11) is 5.28. The maximum Gasteiger partial charge on any atom is 0.306 e. The van der Waals surface area contributed by atoms with Crippen LogP contribution in [-0.2, 0) is 54.8 Å². The number of aliphatic carboxylic acids is 1. The Labute approximate surface area is 455 Å². The van der Waals surface area contributed by atoms with Gasteiger partial charge in [0.2, 0.25) is 21.8 Å². The zero-order valence-electron chi connectivity index (χ0n) is 48.2. The summed E-state index contributed by atoms with van der Waals surface area (Å²) in [6.45, 7) is 20.9. The van der Waals surface area contributed by atoms with Crippen LogP contribution in [0.15, 0.2) is 47.4 Å². The first-order chi connectivity index (χ1) is 35.5. The van der Waals surface area contributed by atoms with Crippen LogP contribution in [0.1, 0.15) is 129 Å². The highest BCUT2D eigenvalue weighted by atomic mass is 32.2. The van der Waals surface area contributed by atoms with E-state index in [0.29, 0.717) is 61.1 Å². The number of carboxylic acid groups (broad SMARTS) is 1. The van der Waals surface area contributed by atoms with Crippen molar-refractivity contribution in [3.63, 3.8) is 0 Å². The van der Waals surface area contributed by atoms with Gasteiger partial charge in [-0.25, -0.2) is 8.42 Å². The number of piperazine rings is 1. The zero-order valence-corrected chi connectivity index (χ0v) is 49.0. The Morgan fingerprint density at radius 2 is 1.24 bits per heavy atom. The summed E-state index contributed by atoms with van der Waals surface area (Å²) in [6, 6.07) is 14.1. The molecule has 0 radical (unpaired) electrons. The minimum atomic E-state index is -3.68. The lowest BCUT2D eigenvalue weighted by Crippen LogP contribution is -2.48. The van der Waals surface area contributed by atoms with E-state index in [1.54, 1.807) is 42.9 Å². The van der Waals surface area contributed by atoms with E-state index < -0.39 is 27.2 Å². The van der Waals surface area contributed by atoms with Gasteiger partial charge in [0.15, 0.2) is 0 Å². The van der Waals surface area contributed by atoms with Crippen molar-refractivity contribution < 1.29 is 56.4 Å². The Morgan fingerprint density at radius 1 is 0.711 bits per heavy atom. The number of hydrogen-bond donors (Lipinski definition) is 1. The van der Waals surface area contributed by atoms with E-state index in [0.717, 1.165) is 76.8 Å². The molecule has 0 aromatic heterocycles. The SMILES string of the molecule is CC(C)(C)OC(=O)CC1CCC(C(=O)O)C1.CN(Cc1ccccc1)C(=O)C1CCC(CC(=O)OC(C)(C)C)C1.COc1cc(C)c(S(=O)(=O)N(C)CCOCC(=O)N(C)CC2CCC(N3CCN(C)CC3)C2)c(C)c1. The third-order valence-electron chi connectivity index (χ3n) is 14.8. The van der Waals surface area contributed by atoms with Gasteiger partial charge in [0.1, 0.15) is 23.6 Å². The van der Waals surface area contributed by atoms with Gasteiger partial charge in [-0.05, 0) is 167 Å². The second-order valence-corrected chi connectivity index (χ2v) is 25.7. The number of methoxy groups -OCH3 is 1. The van der Waals surface area contributed by atoms with Crippen molar-refractivity contribution in [2.75, 3.05) is 87.8 Å². The molecular formula is C58H93N5O12S. The number of sulfonamides is 1. The van der Waals surface area contributed by atoms with Crippen LogP contribution in [0.2, 0.25) is 0 Å². The van der Waals surface area contributed by atoms with Crippen molar-refractivity contribution in [1.82, 2.24) is 23.9 Å². The summed E-state index contributed by atoms with van der Waals surface area (Å²) in [4.78, 5) is 68.3. The largest absolute Gasteiger partial charge is 0.497 e. The second-order valence-electron chi connectivity index (χ2n) is 23.8. The van der Waals surface area contributed by atoms with Crippen LogP contribution in [0, 0.1) is 43.4 Å². The molecule has 6 rings (SSSR count). The van der Waals surface area contributed by atoms with Gasteiger partial charge in [-0.15, -0.1) is 0 Å².